The minimum Gasteiger partial charge on any atom is -0.462 e. The normalized spacial score (nSPS) is 20.1. The van der Waals surface area contributed by atoms with Crippen LogP contribution in [-0.2, 0) is 24.5 Å². The van der Waals surface area contributed by atoms with E-state index in [4.69, 9.17) is 15.2 Å². The molecule has 2 aliphatic heterocycles. The molecule has 2 aromatic rings. The zero-order valence-electron chi connectivity index (χ0n) is 15.6. The number of ether oxygens (including phenoxy) is 2. The van der Waals surface area contributed by atoms with E-state index in [-0.39, 0.29) is 29.4 Å². The summed E-state index contributed by atoms with van der Waals surface area (Å²) in [4.78, 5) is 26.2. The van der Waals surface area contributed by atoms with Crippen molar-refractivity contribution in [3.05, 3.63) is 82.8 Å². The molecule has 29 heavy (non-hydrogen) atoms. The molecule has 0 bridgehead atoms. The van der Waals surface area contributed by atoms with Crippen LogP contribution in [0.5, 0.6) is 0 Å². The highest BCUT2D eigenvalue weighted by Gasteiger charge is 2.60. The number of nitrogens with one attached hydrogen (secondary N) is 1. The third kappa shape index (κ3) is 2.50. The van der Waals surface area contributed by atoms with Gasteiger partial charge in [0.15, 0.2) is 11.2 Å². The first-order valence-corrected chi connectivity index (χ1v) is 9.02. The highest BCUT2D eigenvalue weighted by atomic mass is 16.5. The van der Waals surface area contributed by atoms with Crippen molar-refractivity contribution < 1.29 is 19.1 Å². The number of fused-ring (bicyclic) bond motifs is 2. The van der Waals surface area contributed by atoms with Crippen LogP contribution in [0, 0.1) is 11.3 Å². The number of hydrogen-bond acceptors (Lipinski definition) is 6. The van der Waals surface area contributed by atoms with Crippen molar-refractivity contribution in [3.8, 4) is 6.07 Å². The van der Waals surface area contributed by atoms with Gasteiger partial charge in [0.05, 0.1) is 12.2 Å². The van der Waals surface area contributed by atoms with E-state index in [9.17, 15) is 14.9 Å². The summed E-state index contributed by atoms with van der Waals surface area (Å²) < 4.78 is 10.9. The van der Waals surface area contributed by atoms with Crippen LogP contribution < -0.4 is 11.1 Å². The largest absolute Gasteiger partial charge is 0.462 e. The lowest BCUT2D eigenvalue weighted by molar-refractivity contribution is -0.140. The number of carbonyl (C=O) groups excluding carboxylic acids is 2. The Kier molecular flexibility index (Phi) is 4.32. The summed E-state index contributed by atoms with van der Waals surface area (Å²) in [6.45, 7) is 1.72. The molecule has 0 saturated carbocycles. The molecule has 2 aliphatic rings. The van der Waals surface area contributed by atoms with Crippen LogP contribution in [0.2, 0.25) is 0 Å². The molecule has 0 saturated heterocycles. The summed E-state index contributed by atoms with van der Waals surface area (Å²) in [5.74, 6) is -1.51. The lowest BCUT2D eigenvalue weighted by Gasteiger charge is -2.34. The van der Waals surface area contributed by atoms with Gasteiger partial charge in [0, 0.05) is 16.8 Å². The van der Waals surface area contributed by atoms with Gasteiger partial charge in [-0.05, 0) is 13.0 Å². The first-order chi connectivity index (χ1) is 14.1. The zero-order chi connectivity index (χ0) is 20.6. The minimum absolute atomic E-state index is 0.0246. The van der Waals surface area contributed by atoms with E-state index in [1.807, 2.05) is 6.07 Å². The number of nitriles is 1. The van der Waals surface area contributed by atoms with Gasteiger partial charge in [0.2, 0.25) is 11.8 Å². The first-order valence-electron chi connectivity index (χ1n) is 9.02. The zero-order valence-corrected chi connectivity index (χ0v) is 15.6. The second kappa shape index (κ2) is 6.84. The standard InChI is InChI=1S/C22H17N3O4/c1-2-28-20(26)17-19(24)29-18(13-8-4-3-5-9-13)15(12-23)22(17)14-10-6-7-11-16(14)25-21(22)27/h3-11H,2,24H2,1H3,(H,25,27)/t22-/m1/s1. The minimum atomic E-state index is -1.76. The van der Waals surface area contributed by atoms with Gasteiger partial charge < -0.3 is 20.5 Å². The smallest absolute Gasteiger partial charge is 0.341 e. The summed E-state index contributed by atoms with van der Waals surface area (Å²) in [5, 5.41) is 12.9. The summed E-state index contributed by atoms with van der Waals surface area (Å²) in [6.07, 6.45) is 0. The monoisotopic (exact) mass is 387 g/mol. The summed E-state index contributed by atoms with van der Waals surface area (Å²) >= 11 is 0. The number of benzene rings is 2. The third-order valence-electron chi connectivity index (χ3n) is 4.98. The quantitative estimate of drug-likeness (QED) is 0.783. The number of esters is 1. The maximum Gasteiger partial charge on any atom is 0.341 e. The van der Waals surface area contributed by atoms with E-state index < -0.39 is 17.3 Å². The second-order valence-electron chi connectivity index (χ2n) is 6.49. The molecule has 0 unspecified atom stereocenters. The molecule has 3 N–H and O–H groups in total. The molecule has 2 heterocycles. The van der Waals surface area contributed by atoms with E-state index in [1.54, 1.807) is 55.5 Å². The molecular formula is C22H17N3O4. The number of amides is 1. The van der Waals surface area contributed by atoms with Crippen LogP contribution in [0.25, 0.3) is 5.76 Å². The fourth-order valence-corrected chi connectivity index (χ4v) is 3.83. The topological polar surface area (TPSA) is 114 Å². The highest BCUT2D eigenvalue weighted by Crippen LogP contribution is 2.53. The fraction of sp³-hybridized carbons (Fsp3) is 0.136. The van der Waals surface area contributed by atoms with Gasteiger partial charge in [-0.25, -0.2) is 4.79 Å². The SMILES string of the molecule is CCOC(=O)C1=C(N)OC(c2ccccc2)=C(C#N)[C@@]12C(=O)Nc1ccccc12. The van der Waals surface area contributed by atoms with Gasteiger partial charge >= 0.3 is 5.97 Å². The Bertz CT molecular complexity index is 1130. The van der Waals surface area contributed by atoms with E-state index in [0.29, 0.717) is 16.8 Å². The molecule has 144 valence electrons. The predicted molar refractivity (Wildman–Crippen MR) is 105 cm³/mol. The van der Waals surface area contributed by atoms with Crippen molar-refractivity contribution >= 4 is 23.3 Å². The number of para-hydroxylation sites is 1. The van der Waals surface area contributed by atoms with Crippen molar-refractivity contribution in [1.82, 2.24) is 0 Å². The maximum absolute atomic E-state index is 13.4. The molecule has 0 aromatic heterocycles. The number of rotatable bonds is 3. The summed E-state index contributed by atoms with van der Waals surface area (Å²) in [7, 11) is 0. The third-order valence-corrected chi connectivity index (χ3v) is 4.98. The van der Waals surface area contributed by atoms with Crippen molar-refractivity contribution in [1.29, 1.82) is 5.26 Å². The van der Waals surface area contributed by atoms with Crippen molar-refractivity contribution in [2.24, 2.45) is 5.73 Å². The van der Waals surface area contributed by atoms with Crippen LogP contribution in [0.15, 0.2) is 71.6 Å². The summed E-state index contributed by atoms with van der Waals surface area (Å²) in [5.41, 5.74) is 5.69. The van der Waals surface area contributed by atoms with Crippen LogP contribution >= 0.6 is 0 Å². The first kappa shape index (κ1) is 18.3. The molecule has 1 amide bonds. The Morgan fingerprint density at radius 1 is 1.21 bits per heavy atom. The number of nitrogens with two attached hydrogens (primary N) is 1. The Hall–Kier alpha value is -4.05. The molecule has 7 heteroatoms. The second-order valence-corrected chi connectivity index (χ2v) is 6.49. The lowest BCUT2D eigenvalue weighted by Crippen LogP contribution is -2.46. The van der Waals surface area contributed by atoms with Gasteiger partial charge in [-0.2, -0.15) is 5.26 Å². The Balaban J connectivity index is 2.10. The molecule has 2 aromatic carbocycles. The van der Waals surface area contributed by atoms with Crippen LogP contribution in [0.4, 0.5) is 5.69 Å². The van der Waals surface area contributed by atoms with E-state index in [2.05, 4.69) is 11.4 Å². The van der Waals surface area contributed by atoms with Gasteiger partial charge in [0.1, 0.15) is 11.6 Å². The van der Waals surface area contributed by atoms with Crippen LogP contribution in [0.1, 0.15) is 18.1 Å². The lowest BCUT2D eigenvalue weighted by atomic mass is 9.67. The average Bonchev–Trinajstić information content (AvgIpc) is 3.01. The molecule has 0 fully saturated rings. The molecule has 1 atom stereocenters. The number of hydrogen-bond donors (Lipinski definition) is 2. The molecule has 1 spiro atoms. The van der Waals surface area contributed by atoms with E-state index >= 15 is 0 Å². The average molecular weight is 387 g/mol. The molecule has 4 rings (SSSR count). The summed E-state index contributed by atoms with van der Waals surface area (Å²) in [6, 6.07) is 17.8. The molecule has 0 aliphatic carbocycles. The van der Waals surface area contributed by atoms with Crippen LogP contribution in [0.3, 0.4) is 0 Å². The van der Waals surface area contributed by atoms with Gasteiger partial charge in [0.25, 0.3) is 0 Å². The van der Waals surface area contributed by atoms with Crippen LogP contribution in [-0.4, -0.2) is 18.5 Å². The van der Waals surface area contributed by atoms with Gasteiger partial charge in [-0.15, -0.1) is 0 Å². The van der Waals surface area contributed by atoms with Gasteiger partial charge in [-0.1, -0.05) is 48.5 Å². The maximum atomic E-state index is 13.4. The number of anilines is 1. The van der Waals surface area contributed by atoms with Gasteiger partial charge in [-0.3, -0.25) is 4.79 Å². The predicted octanol–water partition coefficient (Wildman–Crippen LogP) is 2.57. The van der Waals surface area contributed by atoms with E-state index in [1.165, 1.54) is 0 Å². The molecule has 7 nitrogen and oxygen atoms in total. The Morgan fingerprint density at radius 3 is 2.59 bits per heavy atom. The Labute approximate surface area is 167 Å². The Morgan fingerprint density at radius 2 is 1.90 bits per heavy atom. The van der Waals surface area contributed by atoms with Crippen molar-refractivity contribution in [2.45, 2.75) is 12.3 Å². The molecule has 0 radical (unpaired) electrons. The fourth-order valence-electron chi connectivity index (χ4n) is 3.83. The molecular weight excluding hydrogens is 370 g/mol. The number of nitrogens with zero attached hydrogens (tertiary/aromatic N) is 1. The van der Waals surface area contributed by atoms with Crippen molar-refractivity contribution in [2.75, 3.05) is 11.9 Å². The van der Waals surface area contributed by atoms with E-state index in [0.717, 1.165) is 0 Å². The van der Waals surface area contributed by atoms with Crippen molar-refractivity contribution in [3.63, 3.8) is 0 Å². The number of carbonyl (C=O) groups is 2. The highest BCUT2D eigenvalue weighted by molar-refractivity contribution is 6.18.